The van der Waals surface area contributed by atoms with Crippen LogP contribution in [0.2, 0.25) is 0 Å². The molecule has 7 nitrogen and oxygen atoms in total. The van der Waals surface area contributed by atoms with E-state index in [0.29, 0.717) is 11.2 Å². The van der Waals surface area contributed by atoms with Crippen LogP contribution in [0.15, 0.2) is 52.2 Å². The summed E-state index contributed by atoms with van der Waals surface area (Å²) in [6.45, 7) is 4.11. The second-order valence-electron chi connectivity index (χ2n) is 6.05. The molecule has 1 fully saturated rings. The van der Waals surface area contributed by atoms with Crippen molar-refractivity contribution >= 4 is 5.91 Å². The van der Waals surface area contributed by atoms with Crippen LogP contribution in [0.4, 0.5) is 0 Å². The van der Waals surface area contributed by atoms with Crippen molar-refractivity contribution in [1.82, 2.24) is 9.13 Å². The fourth-order valence-corrected chi connectivity index (χ4v) is 2.62. The van der Waals surface area contributed by atoms with E-state index >= 15 is 0 Å². The number of carbonyl (C=O) groups is 1. The SMILES string of the molecule is CC1(C)OCC(Cn2ccc(=O)n(C(=O)c3ccccc3)c2=O)O1. The van der Waals surface area contributed by atoms with E-state index in [4.69, 9.17) is 9.47 Å². The largest absolute Gasteiger partial charge is 0.348 e. The van der Waals surface area contributed by atoms with Crippen LogP contribution in [-0.2, 0) is 16.0 Å². The number of hydrogen-bond donors (Lipinski definition) is 0. The maximum Gasteiger partial charge on any atom is 0.338 e. The van der Waals surface area contributed by atoms with Crippen molar-refractivity contribution in [3.8, 4) is 0 Å². The summed E-state index contributed by atoms with van der Waals surface area (Å²) in [5, 5.41) is 0. The molecular formula is C17H18N2O5. The van der Waals surface area contributed by atoms with E-state index in [2.05, 4.69) is 0 Å². The minimum atomic E-state index is -0.706. The molecule has 1 aliphatic rings. The van der Waals surface area contributed by atoms with E-state index in [-0.39, 0.29) is 18.2 Å². The summed E-state index contributed by atoms with van der Waals surface area (Å²) in [6, 6.07) is 9.41. The van der Waals surface area contributed by atoms with Crippen molar-refractivity contribution in [2.24, 2.45) is 0 Å². The van der Waals surface area contributed by atoms with E-state index in [1.807, 2.05) is 0 Å². The summed E-state index contributed by atoms with van der Waals surface area (Å²) < 4.78 is 13.1. The highest BCUT2D eigenvalue weighted by atomic mass is 16.7. The van der Waals surface area contributed by atoms with E-state index in [0.717, 1.165) is 0 Å². The van der Waals surface area contributed by atoms with Gasteiger partial charge in [0.15, 0.2) is 5.79 Å². The molecule has 2 aromatic rings. The molecule has 1 aromatic carbocycles. The molecule has 1 aliphatic heterocycles. The highest BCUT2D eigenvalue weighted by Gasteiger charge is 2.33. The second kappa shape index (κ2) is 6.18. The molecule has 3 rings (SSSR count). The minimum absolute atomic E-state index is 0.199. The molecule has 0 N–H and O–H groups in total. The Hall–Kier alpha value is -2.51. The molecule has 24 heavy (non-hydrogen) atoms. The molecule has 1 saturated heterocycles. The normalized spacial score (nSPS) is 19.3. The molecule has 0 spiro atoms. The van der Waals surface area contributed by atoms with Crippen molar-refractivity contribution in [3.63, 3.8) is 0 Å². The summed E-state index contributed by atoms with van der Waals surface area (Å²) in [5.41, 5.74) is -1.07. The average Bonchev–Trinajstić information content (AvgIpc) is 2.90. The summed E-state index contributed by atoms with van der Waals surface area (Å²) in [5.74, 6) is -1.35. The summed E-state index contributed by atoms with van der Waals surface area (Å²) in [4.78, 5) is 37.1. The molecule has 0 bridgehead atoms. The molecule has 7 heteroatoms. The van der Waals surface area contributed by atoms with Crippen LogP contribution < -0.4 is 11.2 Å². The van der Waals surface area contributed by atoms with Gasteiger partial charge in [0.05, 0.1) is 13.2 Å². The fourth-order valence-electron chi connectivity index (χ4n) is 2.62. The monoisotopic (exact) mass is 330 g/mol. The van der Waals surface area contributed by atoms with Crippen molar-refractivity contribution in [3.05, 3.63) is 69.0 Å². The van der Waals surface area contributed by atoms with E-state index in [1.165, 1.54) is 16.8 Å². The van der Waals surface area contributed by atoms with Gasteiger partial charge in [0.2, 0.25) is 0 Å². The van der Waals surface area contributed by atoms with Crippen LogP contribution >= 0.6 is 0 Å². The lowest BCUT2D eigenvalue weighted by Crippen LogP contribution is -2.44. The third-order valence-corrected chi connectivity index (χ3v) is 3.75. The number of aromatic nitrogens is 2. The summed E-state index contributed by atoms with van der Waals surface area (Å²) >= 11 is 0. The Morgan fingerprint density at radius 2 is 1.92 bits per heavy atom. The molecule has 0 aliphatic carbocycles. The van der Waals surface area contributed by atoms with Crippen LogP contribution in [0, 0.1) is 0 Å². The van der Waals surface area contributed by atoms with Crippen LogP contribution in [0.3, 0.4) is 0 Å². The molecule has 2 heterocycles. The van der Waals surface area contributed by atoms with Crippen molar-refractivity contribution in [1.29, 1.82) is 0 Å². The van der Waals surface area contributed by atoms with Gasteiger partial charge in [0, 0.05) is 17.8 Å². The first kappa shape index (κ1) is 16.4. The molecule has 1 unspecified atom stereocenters. The molecule has 0 radical (unpaired) electrons. The Kier molecular flexibility index (Phi) is 4.21. The quantitative estimate of drug-likeness (QED) is 0.833. The number of ether oxygens (including phenoxy) is 2. The van der Waals surface area contributed by atoms with Gasteiger partial charge in [-0.3, -0.25) is 14.2 Å². The zero-order valence-corrected chi connectivity index (χ0v) is 13.5. The predicted molar refractivity (Wildman–Crippen MR) is 86.0 cm³/mol. The van der Waals surface area contributed by atoms with Gasteiger partial charge in [-0.2, -0.15) is 4.57 Å². The smallest absolute Gasteiger partial charge is 0.338 e. The maximum atomic E-state index is 12.6. The Morgan fingerprint density at radius 3 is 2.54 bits per heavy atom. The zero-order valence-electron chi connectivity index (χ0n) is 13.5. The molecule has 1 atom stereocenters. The first-order valence-corrected chi connectivity index (χ1v) is 7.61. The van der Waals surface area contributed by atoms with Crippen LogP contribution in [0.25, 0.3) is 0 Å². The summed E-state index contributed by atoms with van der Waals surface area (Å²) in [7, 11) is 0. The van der Waals surface area contributed by atoms with Gasteiger partial charge in [-0.15, -0.1) is 0 Å². The van der Waals surface area contributed by atoms with Crippen molar-refractivity contribution in [2.45, 2.75) is 32.3 Å². The number of benzene rings is 1. The lowest BCUT2D eigenvalue weighted by atomic mass is 10.2. The lowest BCUT2D eigenvalue weighted by molar-refractivity contribution is -0.139. The summed E-state index contributed by atoms with van der Waals surface area (Å²) in [6.07, 6.45) is 1.05. The van der Waals surface area contributed by atoms with Gasteiger partial charge in [0.1, 0.15) is 6.10 Å². The molecular weight excluding hydrogens is 312 g/mol. The van der Waals surface area contributed by atoms with Gasteiger partial charge in [-0.25, -0.2) is 4.79 Å². The second-order valence-corrected chi connectivity index (χ2v) is 6.05. The first-order chi connectivity index (χ1) is 11.4. The topological polar surface area (TPSA) is 79.5 Å². The molecule has 1 aromatic heterocycles. The first-order valence-electron chi connectivity index (χ1n) is 7.61. The third-order valence-electron chi connectivity index (χ3n) is 3.75. The highest BCUT2D eigenvalue weighted by molar-refractivity contribution is 5.95. The Bertz CT molecular complexity index is 867. The number of nitrogens with zero attached hydrogens (tertiary/aromatic N) is 2. The number of carbonyl (C=O) groups excluding carboxylic acids is 1. The predicted octanol–water partition coefficient (Wildman–Crippen LogP) is 0.850. The minimum Gasteiger partial charge on any atom is -0.348 e. The Morgan fingerprint density at radius 1 is 1.21 bits per heavy atom. The molecule has 126 valence electrons. The van der Waals surface area contributed by atoms with Gasteiger partial charge in [0.25, 0.3) is 11.5 Å². The van der Waals surface area contributed by atoms with Gasteiger partial charge >= 0.3 is 5.69 Å². The maximum absolute atomic E-state index is 12.6. The molecule has 0 saturated carbocycles. The Labute approximate surface area is 138 Å². The number of hydrogen-bond acceptors (Lipinski definition) is 5. The lowest BCUT2D eigenvalue weighted by Gasteiger charge is -2.17. The van der Waals surface area contributed by atoms with Crippen molar-refractivity contribution in [2.75, 3.05) is 6.61 Å². The van der Waals surface area contributed by atoms with Crippen LogP contribution in [0.1, 0.15) is 24.2 Å². The highest BCUT2D eigenvalue weighted by Crippen LogP contribution is 2.22. The van der Waals surface area contributed by atoms with Crippen LogP contribution in [0.5, 0.6) is 0 Å². The van der Waals surface area contributed by atoms with E-state index < -0.39 is 22.9 Å². The van der Waals surface area contributed by atoms with E-state index in [1.54, 1.807) is 44.2 Å². The average molecular weight is 330 g/mol. The zero-order chi connectivity index (χ0) is 17.3. The third kappa shape index (κ3) is 3.22. The van der Waals surface area contributed by atoms with Gasteiger partial charge in [-0.05, 0) is 26.0 Å². The Balaban J connectivity index is 1.93. The van der Waals surface area contributed by atoms with Crippen LogP contribution in [-0.4, -0.2) is 33.5 Å². The number of rotatable bonds is 3. The van der Waals surface area contributed by atoms with Gasteiger partial charge in [-0.1, -0.05) is 18.2 Å². The van der Waals surface area contributed by atoms with Crippen molar-refractivity contribution < 1.29 is 14.3 Å². The molecule has 0 amide bonds. The van der Waals surface area contributed by atoms with E-state index in [9.17, 15) is 14.4 Å². The standard InChI is InChI=1S/C17H18N2O5/c1-17(2)23-11-13(24-17)10-18-9-8-14(20)19(16(18)22)15(21)12-6-4-3-5-7-12/h3-9,13H,10-11H2,1-2H3. The van der Waals surface area contributed by atoms with Gasteiger partial charge < -0.3 is 9.47 Å². The fraction of sp³-hybridized carbons (Fsp3) is 0.353.